The van der Waals surface area contributed by atoms with Gasteiger partial charge in [-0.05, 0) is 43.4 Å². The monoisotopic (exact) mass is 333 g/mol. The maximum absolute atomic E-state index is 12.0. The molecule has 0 saturated heterocycles. The van der Waals surface area contributed by atoms with Gasteiger partial charge in [-0.3, -0.25) is 4.79 Å². The summed E-state index contributed by atoms with van der Waals surface area (Å²) in [6, 6.07) is 7.83. The van der Waals surface area contributed by atoms with Crippen molar-refractivity contribution in [1.82, 2.24) is 5.32 Å². The Balaban J connectivity index is 1.72. The van der Waals surface area contributed by atoms with Crippen molar-refractivity contribution in [3.63, 3.8) is 0 Å². The second kappa shape index (κ2) is 8.71. The van der Waals surface area contributed by atoms with E-state index in [1.54, 1.807) is 6.92 Å². The largest absolute Gasteiger partial charge is 0.482 e. The van der Waals surface area contributed by atoms with Crippen molar-refractivity contribution >= 4 is 11.9 Å². The molecule has 0 spiro atoms. The maximum Gasteiger partial charge on any atom is 0.344 e. The number of esters is 1. The van der Waals surface area contributed by atoms with Gasteiger partial charge in [-0.15, -0.1) is 0 Å². The van der Waals surface area contributed by atoms with E-state index in [1.807, 2.05) is 24.3 Å². The normalized spacial score (nSPS) is 16.0. The predicted octanol–water partition coefficient (Wildman–Crippen LogP) is 3.18. The van der Waals surface area contributed by atoms with Crippen LogP contribution in [0.25, 0.3) is 0 Å². The number of rotatable bonds is 7. The van der Waals surface area contributed by atoms with Crippen molar-refractivity contribution in [2.24, 2.45) is 0 Å². The average molecular weight is 333 g/mol. The Labute approximate surface area is 143 Å². The first-order chi connectivity index (χ1) is 11.5. The summed E-state index contributed by atoms with van der Waals surface area (Å²) in [7, 11) is 0. The molecular formula is C19H27NO4. The number of nitrogens with one attached hydrogen (secondary N) is 1. The number of ether oxygens (including phenoxy) is 2. The van der Waals surface area contributed by atoms with E-state index in [4.69, 9.17) is 9.47 Å². The van der Waals surface area contributed by atoms with Crippen LogP contribution in [0.15, 0.2) is 24.3 Å². The van der Waals surface area contributed by atoms with E-state index in [2.05, 4.69) is 19.2 Å². The maximum atomic E-state index is 12.0. The minimum absolute atomic E-state index is 0.206. The number of amides is 1. The third-order valence-corrected chi connectivity index (χ3v) is 4.28. The van der Waals surface area contributed by atoms with E-state index >= 15 is 0 Å². The van der Waals surface area contributed by atoms with Gasteiger partial charge in [-0.2, -0.15) is 0 Å². The first kappa shape index (κ1) is 18.3. The molecule has 1 amide bonds. The third kappa shape index (κ3) is 5.55. The minimum Gasteiger partial charge on any atom is -0.482 e. The molecule has 1 aliphatic rings. The lowest BCUT2D eigenvalue weighted by atomic mass is 10.0. The number of carbonyl (C=O) groups excluding carboxylic acids is 2. The Morgan fingerprint density at radius 3 is 2.33 bits per heavy atom. The van der Waals surface area contributed by atoms with E-state index < -0.39 is 12.1 Å². The molecule has 1 aliphatic carbocycles. The van der Waals surface area contributed by atoms with Gasteiger partial charge < -0.3 is 14.8 Å². The molecule has 5 nitrogen and oxygen atoms in total. The molecule has 24 heavy (non-hydrogen) atoms. The van der Waals surface area contributed by atoms with Crippen LogP contribution in [0.1, 0.15) is 57.9 Å². The number of hydrogen-bond acceptors (Lipinski definition) is 4. The van der Waals surface area contributed by atoms with Gasteiger partial charge in [0, 0.05) is 6.04 Å². The molecule has 1 fully saturated rings. The summed E-state index contributed by atoms with van der Waals surface area (Å²) in [6.07, 6.45) is 3.49. The molecule has 1 aromatic rings. The predicted molar refractivity (Wildman–Crippen MR) is 92.0 cm³/mol. The van der Waals surface area contributed by atoms with Crippen LogP contribution in [0.5, 0.6) is 5.75 Å². The summed E-state index contributed by atoms with van der Waals surface area (Å²) >= 11 is 0. The molecule has 0 aliphatic heterocycles. The Hall–Kier alpha value is -2.04. The third-order valence-electron chi connectivity index (χ3n) is 4.28. The zero-order chi connectivity index (χ0) is 17.5. The summed E-state index contributed by atoms with van der Waals surface area (Å²) in [5.74, 6) is 0.274. The molecule has 0 bridgehead atoms. The summed E-state index contributed by atoms with van der Waals surface area (Å²) in [5, 5.41) is 2.92. The Bertz CT molecular complexity index is 547. The first-order valence-electron chi connectivity index (χ1n) is 8.68. The van der Waals surface area contributed by atoms with Crippen LogP contribution in [0.3, 0.4) is 0 Å². The summed E-state index contributed by atoms with van der Waals surface area (Å²) in [5.41, 5.74) is 1.21. The lowest BCUT2D eigenvalue weighted by Gasteiger charge is -2.17. The van der Waals surface area contributed by atoms with Crippen LogP contribution in [-0.4, -0.2) is 30.6 Å². The smallest absolute Gasteiger partial charge is 0.344 e. The van der Waals surface area contributed by atoms with Crippen molar-refractivity contribution in [2.45, 2.75) is 64.5 Å². The zero-order valence-corrected chi connectivity index (χ0v) is 14.7. The highest BCUT2D eigenvalue weighted by atomic mass is 16.6. The number of carbonyl (C=O) groups is 2. The molecular weight excluding hydrogens is 306 g/mol. The molecule has 0 heterocycles. The Morgan fingerprint density at radius 2 is 1.75 bits per heavy atom. The molecule has 132 valence electrons. The highest BCUT2D eigenvalue weighted by molar-refractivity contribution is 5.83. The van der Waals surface area contributed by atoms with Gasteiger partial charge in [0.05, 0.1) is 0 Å². The lowest BCUT2D eigenvalue weighted by Crippen LogP contribution is -2.41. The van der Waals surface area contributed by atoms with Crippen LogP contribution in [-0.2, 0) is 14.3 Å². The topological polar surface area (TPSA) is 64.6 Å². The van der Waals surface area contributed by atoms with Crippen molar-refractivity contribution in [2.75, 3.05) is 6.61 Å². The fourth-order valence-corrected chi connectivity index (χ4v) is 2.76. The van der Waals surface area contributed by atoms with Crippen LogP contribution in [0.4, 0.5) is 0 Å². The zero-order valence-electron chi connectivity index (χ0n) is 14.7. The molecule has 0 aromatic heterocycles. The summed E-state index contributed by atoms with van der Waals surface area (Å²) in [6.45, 7) is 5.61. The molecule has 1 N–H and O–H groups in total. The van der Waals surface area contributed by atoms with Crippen LogP contribution >= 0.6 is 0 Å². The molecule has 1 aromatic carbocycles. The fourth-order valence-electron chi connectivity index (χ4n) is 2.76. The first-order valence-corrected chi connectivity index (χ1v) is 8.68. The van der Waals surface area contributed by atoms with E-state index in [9.17, 15) is 9.59 Å². The van der Waals surface area contributed by atoms with Gasteiger partial charge in [-0.25, -0.2) is 4.79 Å². The number of benzene rings is 1. The Morgan fingerprint density at radius 1 is 1.12 bits per heavy atom. The lowest BCUT2D eigenvalue weighted by molar-refractivity contribution is -0.156. The van der Waals surface area contributed by atoms with Gasteiger partial charge >= 0.3 is 5.97 Å². The van der Waals surface area contributed by atoms with Crippen LogP contribution in [0.2, 0.25) is 0 Å². The van der Waals surface area contributed by atoms with Gasteiger partial charge in [-0.1, -0.05) is 38.8 Å². The quantitative estimate of drug-likeness (QED) is 0.778. The highest BCUT2D eigenvalue weighted by Gasteiger charge is 2.23. The SMILES string of the molecule is CC(C)c1ccc(OCC(=O)O[C@@H](C)C(=O)NC2CCCC2)cc1. The van der Waals surface area contributed by atoms with E-state index in [1.165, 1.54) is 5.56 Å². The minimum atomic E-state index is -0.801. The van der Waals surface area contributed by atoms with Crippen molar-refractivity contribution in [3.05, 3.63) is 29.8 Å². The standard InChI is InChI=1S/C19H27NO4/c1-13(2)15-8-10-17(11-9-15)23-12-18(21)24-14(3)19(22)20-16-6-4-5-7-16/h8-11,13-14,16H,4-7,12H2,1-3H3,(H,20,22)/t14-/m0/s1. The molecule has 2 rings (SSSR count). The van der Waals surface area contributed by atoms with Gasteiger partial charge in [0.2, 0.25) is 0 Å². The van der Waals surface area contributed by atoms with Crippen LogP contribution in [0, 0.1) is 0 Å². The average Bonchev–Trinajstić information content (AvgIpc) is 3.06. The van der Waals surface area contributed by atoms with Gasteiger partial charge in [0.1, 0.15) is 5.75 Å². The Kier molecular flexibility index (Phi) is 6.64. The number of hydrogen-bond donors (Lipinski definition) is 1. The molecule has 0 unspecified atom stereocenters. The summed E-state index contributed by atoms with van der Waals surface area (Å²) in [4.78, 5) is 23.8. The van der Waals surface area contributed by atoms with Crippen molar-refractivity contribution in [3.8, 4) is 5.75 Å². The van der Waals surface area contributed by atoms with E-state index in [0.29, 0.717) is 11.7 Å². The van der Waals surface area contributed by atoms with Crippen molar-refractivity contribution < 1.29 is 19.1 Å². The van der Waals surface area contributed by atoms with Crippen LogP contribution < -0.4 is 10.1 Å². The second-order valence-electron chi connectivity index (χ2n) is 6.63. The second-order valence-corrected chi connectivity index (χ2v) is 6.63. The van der Waals surface area contributed by atoms with E-state index in [0.717, 1.165) is 25.7 Å². The molecule has 0 radical (unpaired) electrons. The van der Waals surface area contributed by atoms with E-state index in [-0.39, 0.29) is 18.6 Å². The summed E-state index contributed by atoms with van der Waals surface area (Å²) < 4.78 is 10.5. The van der Waals surface area contributed by atoms with Gasteiger partial charge in [0.25, 0.3) is 5.91 Å². The fraction of sp³-hybridized carbons (Fsp3) is 0.579. The molecule has 1 saturated carbocycles. The van der Waals surface area contributed by atoms with Gasteiger partial charge in [0.15, 0.2) is 12.7 Å². The van der Waals surface area contributed by atoms with Crippen molar-refractivity contribution in [1.29, 1.82) is 0 Å². The molecule has 5 heteroatoms. The highest BCUT2D eigenvalue weighted by Crippen LogP contribution is 2.19. The molecule has 1 atom stereocenters.